The van der Waals surface area contributed by atoms with E-state index in [9.17, 15) is 0 Å². The Hall–Kier alpha value is -0.140. The Balaban J connectivity index is 2.62. The molecule has 4 heteroatoms. The van der Waals surface area contributed by atoms with Crippen molar-refractivity contribution in [2.24, 2.45) is 0 Å². The third-order valence-electron chi connectivity index (χ3n) is 3.04. The highest BCUT2D eigenvalue weighted by atomic mass is 35.5. The monoisotopic (exact) mass is 290 g/mol. The lowest BCUT2D eigenvalue weighted by Crippen LogP contribution is -1.85. The highest BCUT2D eigenvalue weighted by molar-refractivity contribution is 6.46. The largest absolute Gasteiger partial charge is 0.0840 e. The predicted molar refractivity (Wildman–Crippen MR) is 71.4 cm³/mol. The third-order valence-corrected chi connectivity index (χ3v) is 4.31. The third kappa shape index (κ3) is 1.37. The van der Waals surface area contributed by atoms with Crippen LogP contribution in [0.15, 0.2) is 12.1 Å². The fourth-order valence-corrected chi connectivity index (χ4v) is 3.72. The lowest BCUT2D eigenvalue weighted by molar-refractivity contribution is 1.02. The molecule has 0 nitrogen and oxygen atoms in total. The quantitative estimate of drug-likeness (QED) is 0.597. The van der Waals surface area contributed by atoms with Gasteiger partial charge in [0, 0.05) is 15.4 Å². The van der Waals surface area contributed by atoms with Crippen LogP contribution < -0.4 is 0 Å². The molecule has 0 saturated heterocycles. The highest BCUT2D eigenvalue weighted by Gasteiger charge is 2.23. The van der Waals surface area contributed by atoms with Crippen LogP contribution in [0, 0.1) is 0 Å². The summed E-state index contributed by atoms with van der Waals surface area (Å²) in [5, 5.41) is 4.51. The molecule has 82 valence electrons. The van der Waals surface area contributed by atoms with E-state index in [-0.39, 0.29) is 0 Å². The van der Waals surface area contributed by atoms with E-state index in [4.69, 9.17) is 46.4 Å². The summed E-state index contributed by atoms with van der Waals surface area (Å²) in [5.41, 5.74) is 2.22. The van der Waals surface area contributed by atoms with Crippen LogP contribution in [0.5, 0.6) is 0 Å². The molecule has 0 aromatic heterocycles. The van der Waals surface area contributed by atoms with Crippen LogP contribution in [-0.2, 0) is 12.8 Å². The smallest absolute Gasteiger partial charge is 0.0514 e. The summed E-state index contributed by atoms with van der Waals surface area (Å²) in [6.07, 6.45) is 1.81. The molecule has 0 aliphatic heterocycles. The zero-order chi connectivity index (χ0) is 11.4. The van der Waals surface area contributed by atoms with Crippen molar-refractivity contribution in [1.82, 2.24) is 0 Å². The first-order valence-corrected chi connectivity index (χ1v) is 6.38. The molecule has 2 aromatic carbocycles. The molecular weight excluding hydrogens is 286 g/mol. The van der Waals surface area contributed by atoms with E-state index in [1.54, 1.807) is 12.1 Å². The molecule has 0 N–H and O–H groups in total. The van der Waals surface area contributed by atoms with Crippen LogP contribution in [0.25, 0.3) is 10.8 Å². The minimum Gasteiger partial charge on any atom is -0.0840 e. The minimum absolute atomic E-state index is 0.591. The van der Waals surface area contributed by atoms with Crippen molar-refractivity contribution in [1.29, 1.82) is 0 Å². The lowest BCUT2D eigenvalue weighted by Gasteiger charge is -2.09. The Morgan fingerprint density at radius 2 is 1.06 bits per heavy atom. The molecule has 3 rings (SSSR count). The van der Waals surface area contributed by atoms with Crippen molar-refractivity contribution in [2.45, 2.75) is 12.8 Å². The Kier molecular flexibility index (Phi) is 2.52. The number of benzene rings is 2. The van der Waals surface area contributed by atoms with E-state index in [0.29, 0.717) is 20.1 Å². The second-order valence-corrected chi connectivity index (χ2v) is 5.52. The maximum Gasteiger partial charge on any atom is 0.0514 e. The van der Waals surface area contributed by atoms with Gasteiger partial charge in [0.15, 0.2) is 0 Å². The first-order chi connectivity index (χ1) is 7.59. The van der Waals surface area contributed by atoms with E-state index in [2.05, 4.69) is 0 Å². The van der Waals surface area contributed by atoms with Gasteiger partial charge in [0.1, 0.15) is 0 Å². The van der Waals surface area contributed by atoms with Gasteiger partial charge in [-0.1, -0.05) is 46.4 Å². The van der Waals surface area contributed by atoms with Gasteiger partial charge in [-0.05, 0) is 41.5 Å². The fraction of sp³-hybridized carbons (Fsp3) is 0.167. The molecule has 0 heterocycles. The Morgan fingerprint density at radius 1 is 0.625 bits per heavy atom. The van der Waals surface area contributed by atoms with Gasteiger partial charge in [-0.2, -0.15) is 0 Å². The number of hydrogen-bond donors (Lipinski definition) is 0. The molecule has 1 aliphatic carbocycles. The van der Waals surface area contributed by atoms with Gasteiger partial charge in [0.25, 0.3) is 0 Å². The molecule has 0 fully saturated rings. The average molecular weight is 292 g/mol. The number of hydrogen-bond acceptors (Lipinski definition) is 0. The molecule has 0 amide bonds. The number of rotatable bonds is 0. The molecule has 2 aromatic rings. The van der Waals surface area contributed by atoms with Crippen LogP contribution in [0.4, 0.5) is 0 Å². The molecule has 0 bridgehead atoms. The van der Waals surface area contributed by atoms with E-state index >= 15 is 0 Å². The number of aryl methyl sites for hydroxylation is 2. The lowest BCUT2D eigenvalue weighted by atomic mass is 10.0. The second kappa shape index (κ2) is 3.68. The van der Waals surface area contributed by atoms with Gasteiger partial charge >= 0.3 is 0 Å². The summed E-state index contributed by atoms with van der Waals surface area (Å²) in [5.74, 6) is 0. The summed E-state index contributed by atoms with van der Waals surface area (Å²) in [4.78, 5) is 0. The highest BCUT2D eigenvalue weighted by Crippen LogP contribution is 2.45. The first kappa shape index (κ1) is 11.0. The normalized spacial score (nSPS) is 13.8. The van der Waals surface area contributed by atoms with Crippen molar-refractivity contribution < 1.29 is 0 Å². The average Bonchev–Trinajstić information content (AvgIpc) is 2.61. The second-order valence-electron chi connectivity index (χ2n) is 3.89. The number of halogens is 4. The van der Waals surface area contributed by atoms with Gasteiger partial charge in [-0.15, -0.1) is 0 Å². The molecular formula is C12H6Cl4. The van der Waals surface area contributed by atoms with E-state index in [0.717, 1.165) is 34.7 Å². The molecule has 1 aliphatic rings. The Morgan fingerprint density at radius 3 is 1.50 bits per heavy atom. The first-order valence-electron chi connectivity index (χ1n) is 4.87. The topological polar surface area (TPSA) is 0 Å². The van der Waals surface area contributed by atoms with Gasteiger partial charge in [-0.25, -0.2) is 0 Å². The minimum atomic E-state index is 0.591. The van der Waals surface area contributed by atoms with Crippen LogP contribution in [0.3, 0.4) is 0 Å². The summed E-state index contributed by atoms with van der Waals surface area (Å²) >= 11 is 24.7. The van der Waals surface area contributed by atoms with Gasteiger partial charge in [0.05, 0.1) is 10.0 Å². The summed E-state index contributed by atoms with van der Waals surface area (Å²) in [6, 6.07) is 3.52. The summed E-state index contributed by atoms with van der Waals surface area (Å²) < 4.78 is 0. The van der Waals surface area contributed by atoms with Crippen LogP contribution in [0.2, 0.25) is 20.1 Å². The zero-order valence-corrected chi connectivity index (χ0v) is 11.1. The molecule has 0 spiro atoms. The van der Waals surface area contributed by atoms with Crippen molar-refractivity contribution >= 4 is 57.2 Å². The van der Waals surface area contributed by atoms with Gasteiger partial charge < -0.3 is 0 Å². The summed E-state index contributed by atoms with van der Waals surface area (Å²) in [7, 11) is 0. The molecule has 0 unspecified atom stereocenters. The predicted octanol–water partition coefficient (Wildman–Crippen LogP) is 5.55. The molecule has 0 radical (unpaired) electrons. The SMILES string of the molecule is Clc1cc(Cl)c2c(Cl)cc(Cl)c3c2c1CC3. The van der Waals surface area contributed by atoms with Gasteiger partial charge in [0.2, 0.25) is 0 Å². The van der Waals surface area contributed by atoms with E-state index in [1.165, 1.54) is 0 Å². The van der Waals surface area contributed by atoms with Crippen LogP contribution >= 0.6 is 46.4 Å². The standard InChI is InChI=1S/C12H6Cl4/c13-7-3-9(15)12-10(16)4-8(14)6-2-1-5(7)11(6)12/h3-4H,1-2H2. The fourth-order valence-electron chi connectivity index (χ4n) is 2.36. The molecule has 0 saturated carbocycles. The van der Waals surface area contributed by atoms with Crippen LogP contribution in [-0.4, -0.2) is 0 Å². The van der Waals surface area contributed by atoms with Crippen LogP contribution in [0.1, 0.15) is 11.1 Å². The van der Waals surface area contributed by atoms with Gasteiger partial charge in [-0.3, -0.25) is 0 Å². The van der Waals surface area contributed by atoms with E-state index < -0.39 is 0 Å². The summed E-state index contributed by atoms with van der Waals surface area (Å²) in [6.45, 7) is 0. The molecule has 0 atom stereocenters. The Bertz CT molecular complexity index is 566. The Labute approximate surface area is 113 Å². The van der Waals surface area contributed by atoms with Crippen molar-refractivity contribution in [3.05, 3.63) is 43.4 Å². The van der Waals surface area contributed by atoms with Crippen molar-refractivity contribution in [3.8, 4) is 0 Å². The zero-order valence-electron chi connectivity index (χ0n) is 8.08. The van der Waals surface area contributed by atoms with E-state index in [1.807, 2.05) is 0 Å². The van der Waals surface area contributed by atoms with Crippen molar-refractivity contribution in [3.63, 3.8) is 0 Å². The maximum absolute atomic E-state index is 6.18. The van der Waals surface area contributed by atoms with Crippen molar-refractivity contribution in [2.75, 3.05) is 0 Å². The molecule has 16 heavy (non-hydrogen) atoms. The maximum atomic E-state index is 6.18.